The van der Waals surface area contributed by atoms with Crippen LogP contribution in [0.3, 0.4) is 0 Å². The van der Waals surface area contributed by atoms with Crippen LogP contribution in [0, 0.1) is 5.82 Å². The third kappa shape index (κ3) is 3.04. The third-order valence-corrected chi connectivity index (χ3v) is 4.54. The molecule has 0 fully saturated rings. The summed E-state index contributed by atoms with van der Waals surface area (Å²) in [5, 5.41) is 5.06. The fourth-order valence-electron chi connectivity index (χ4n) is 3.22. The average Bonchev–Trinajstić information content (AvgIpc) is 3.38. The predicted octanol–water partition coefficient (Wildman–Crippen LogP) is 3.73. The van der Waals surface area contributed by atoms with Gasteiger partial charge in [0.2, 0.25) is 0 Å². The highest BCUT2D eigenvalue weighted by Crippen LogP contribution is 2.32. The number of methoxy groups -OCH3 is 2. The molecule has 1 N–H and O–H groups in total. The van der Waals surface area contributed by atoms with Crippen molar-refractivity contribution in [3.8, 4) is 16.9 Å². The molecule has 2 aromatic heterocycles. The smallest absolute Gasteiger partial charge is 0.357 e. The molecule has 0 atom stereocenters. The van der Waals surface area contributed by atoms with E-state index in [4.69, 9.17) is 9.47 Å². The quantitative estimate of drug-likeness (QED) is 0.534. The average molecular weight is 393 g/mol. The molecular formula is C21H16FN3O4. The number of benzene rings is 2. The fraction of sp³-hybridized carbons (Fsp3) is 0.0952. The van der Waals surface area contributed by atoms with E-state index in [-0.39, 0.29) is 17.0 Å². The van der Waals surface area contributed by atoms with E-state index in [0.717, 1.165) is 0 Å². The van der Waals surface area contributed by atoms with E-state index in [0.29, 0.717) is 22.2 Å². The number of para-hydroxylation sites is 1. The largest absolute Gasteiger partial charge is 0.465 e. The summed E-state index contributed by atoms with van der Waals surface area (Å²) in [5.41, 5.74) is 1.11. The van der Waals surface area contributed by atoms with E-state index < -0.39 is 17.8 Å². The summed E-state index contributed by atoms with van der Waals surface area (Å²) < 4.78 is 25.6. The lowest BCUT2D eigenvalue weighted by molar-refractivity contribution is 0.0549. The van der Waals surface area contributed by atoms with E-state index in [2.05, 4.69) is 10.1 Å². The number of halogens is 1. The van der Waals surface area contributed by atoms with Gasteiger partial charge in [-0.2, -0.15) is 5.10 Å². The number of nitrogens with zero attached hydrogens (tertiary/aromatic N) is 2. The molecule has 4 rings (SSSR count). The van der Waals surface area contributed by atoms with Crippen molar-refractivity contribution in [1.82, 2.24) is 14.8 Å². The normalized spacial score (nSPS) is 10.9. The Bertz CT molecular complexity index is 1230. The number of H-pyrrole nitrogens is 1. The van der Waals surface area contributed by atoms with E-state index in [1.165, 1.54) is 25.0 Å². The predicted molar refractivity (Wildman–Crippen MR) is 103 cm³/mol. The molecule has 7 nitrogen and oxygen atoms in total. The number of hydrogen-bond donors (Lipinski definition) is 1. The molecule has 2 aromatic carbocycles. The molecule has 0 radical (unpaired) electrons. The SMILES string of the molecule is COC(=O)c1c(-c2cc(F)c3[nH]ccc3c2)nn(-c2ccccc2)c1C(=O)OC. The zero-order valence-electron chi connectivity index (χ0n) is 15.6. The van der Waals surface area contributed by atoms with Gasteiger partial charge in [-0.3, -0.25) is 0 Å². The highest BCUT2D eigenvalue weighted by molar-refractivity contribution is 6.07. The van der Waals surface area contributed by atoms with Crippen molar-refractivity contribution in [1.29, 1.82) is 0 Å². The highest BCUT2D eigenvalue weighted by atomic mass is 19.1. The van der Waals surface area contributed by atoms with Gasteiger partial charge in [-0.1, -0.05) is 18.2 Å². The van der Waals surface area contributed by atoms with Gasteiger partial charge in [-0.25, -0.2) is 18.7 Å². The minimum Gasteiger partial charge on any atom is -0.465 e. The van der Waals surface area contributed by atoms with Crippen molar-refractivity contribution in [2.45, 2.75) is 0 Å². The van der Waals surface area contributed by atoms with Crippen LogP contribution in [0.15, 0.2) is 54.7 Å². The summed E-state index contributed by atoms with van der Waals surface area (Å²) in [6, 6.07) is 13.4. The Kier molecular flexibility index (Phi) is 4.59. The van der Waals surface area contributed by atoms with Gasteiger partial charge in [0.1, 0.15) is 17.1 Å². The van der Waals surface area contributed by atoms with Crippen LogP contribution in [0.5, 0.6) is 0 Å². The number of carbonyl (C=O) groups excluding carboxylic acids is 2. The van der Waals surface area contributed by atoms with E-state index in [9.17, 15) is 14.0 Å². The van der Waals surface area contributed by atoms with Crippen LogP contribution in [-0.4, -0.2) is 40.9 Å². The van der Waals surface area contributed by atoms with Crippen molar-refractivity contribution in [3.63, 3.8) is 0 Å². The molecule has 0 amide bonds. The Morgan fingerprint density at radius 2 is 1.76 bits per heavy atom. The number of hydrogen-bond acceptors (Lipinski definition) is 5. The van der Waals surface area contributed by atoms with Gasteiger partial charge in [0, 0.05) is 17.1 Å². The summed E-state index contributed by atoms with van der Waals surface area (Å²) >= 11 is 0. The van der Waals surface area contributed by atoms with Gasteiger partial charge < -0.3 is 14.5 Å². The molecule has 0 aliphatic heterocycles. The minimum absolute atomic E-state index is 0.0995. The maximum absolute atomic E-state index is 14.6. The van der Waals surface area contributed by atoms with Gasteiger partial charge >= 0.3 is 11.9 Å². The number of carbonyl (C=O) groups is 2. The van der Waals surface area contributed by atoms with Crippen molar-refractivity contribution in [3.05, 3.63) is 71.8 Å². The molecule has 29 heavy (non-hydrogen) atoms. The first-order valence-corrected chi connectivity index (χ1v) is 8.67. The maximum atomic E-state index is 14.6. The first-order chi connectivity index (χ1) is 14.0. The topological polar surface area (TPSA) is 86.2 Å². The second kappa shape index (κ2) is 7.23. The Balaban J connectivity index is 2.06. The molecule has 2 heterocycles. The number of nitrogens with one attached hydrogen (secondary N) is 1. The summed E-state index contributed by atoms with van der Waals surface area (Å²) in [6.07, 6.45) is 1.61. The number of aromatic nitrogens is 3. The van der Waals surface area contributed by atoms with Crippen molar-refractivity contribution in [2.24, 2.45) is 0 Å². The molecule has 0 aliphatic rings. The summed E-state index contributed by atoms with van der Waals surface area (Å²) in [5.74, 6) is -2.06. The molecule has 146 valence electrons. The number of ether oxygens (including phenoxy) is 2. The Labute approximate surface area is 164 Å². The van der Waals surface area contributed by atoms with Crippen molar-refractivity contribution in [2.75, 3.05) is 14.2 Å². The van der Waals surface area contributed by atoms with Gasteiger partial charge in [-0.15, -0.1) is 0 Å². The van der Waals surface area contributed by atoms with Gasteiger partial charge in [0.05, 0.1) is 25.4 Å². The zero-order valence-corrected chi connectivity index (χ0v) is 15.6. The highest BCUT2D eigenvalue weighted by Gasteiger charge is 2.31. The molecular weight excluding hydrogens is 377 g/mol. The molecule has 0 spiro atoms. The van der Waals surface area contributed by atoms with E-state index >= 15 is 0 Å². The molecule has 0 unspecified atom stereocenters. The Morgan fingerprint density at radius 3 is 2.45 bits per heavy atom. The van der Waals surface area contributed by atoms with Gasteiger partial charge in [-0.05, 0) is 30.3 Å². The monoisotopic (exact) mass is 393 g/mol. The molecule has 8 heteroatoms. The van der Waals surface area contributed by atoms with Crippen LogP contribution in [0.4, 0.5) is 4.39 Å². The van der Waals surface area contributed by atoms with E-state index in [1.54, 1.807) is 42.6 Å². The number of rotatable bonds is 4. The van der Waals surface area contributed by atoms with Crippen LogP contribution in [0.25, 0.3) is 27.8 Å². The Morgan fingerprint density at radius 1 is 1.03 bits per heavy atom. The second-order valence-electron chi connectivity index (χ2n) is 6.20. The summed E-state index contributed by atoms with van der Waals surface area (Å²) in [4.78, 5) is 28.0. The molecule has 0 aliphatic carbocycles. The van der Waals surface area contributed by atoms with Crippen LogP contribution in [0.1, 0.15) is 20.8 Å². The molecule has 4 aromatic rings. The maximum Gasteiger partial charge on any atom is 0.357 e. The van der Waals surface area contributed by atoms with Crippen LogP contribution < -0.4 is 0 Å². The van der Waals surface area contributed by atoms with Crippen molar-refractivity contribution < 1.29 is 23.5 Å². The lowest BCUT2D eigenvalue weighted by atomic mass is 10.0. The number of aromatic amines is 1. The minimum atomic E-state index is -0.780. The van der Waals surface area contributed by atoms with Crippen LogP contribution in [-0.2, 0) is 9.47 Å². The lowest BCUT2D eigenvalue weighted by Gasteiger charge is -2.07. The molecule has 0 bridgehead atoms. The van der Waals surface area contributed by atoms with Gasteiger partial charge in [0.25, 0.3) is 0 Å². The van der Waals surface area contributed by atoms with Crippen LogP contribution in [0.2, 0.25) is 0 Å². The van der Waals surface area contributed by atoms with E-state index in [1.807, 2.05) is 6.07 Å². The first kappa shape index (κ1) is 18.4. The third-order valence-electron chi connectivity index (χ3n) is 4.54. The first-order valence-electron chi connectivity index (χ1n) is 8.67. The van der Waals surface area contributed by atoms with Crippen molar-refractivity contribution >= 4 is 22.8 Å². The second-order valence-corrected chi connectivity index (χ2v) is 6.20. The lowest BCUT2D eigenvalue weighted by Crippen LogP contribution is -2.15. The molecule has 0 saturated carbocycles. The standard InChI is InChI=1S/C21H16FN3O4/c1-28-20(26)16-18(13-10-12-8-9-23-17(12)15(22)11-13)24-25(19(16)21(27)29-2)14-6-4-3-5-7-14/h3-11,23H,1-2H3. The molecule has 0 saturated heterocycles. The fourth-order valence-corrected chi connectivity index (χ4v) is 3.22. The summed E-state index contributed by atoms with van der Waals surface area (Å²) in [7, 11) is 2.40. The zero-order chi connectivity index (χ0) is 20.5. The number of esters is 2. The summed E-state index contributed by atoms with van der Waals surface area (Å²) in [6.45, 7) is 0. The van der Waals surface area contributed by atoms with Gasteiger partial charge in [0.15, 0.2) is 5.69 Å². The number of fused-ring (bicyclic) bond motifs is 1. The van der Waals surface area contributed by atoms with Crippen LogP contribution >= 0.6 is 0 Å². The Hall–Kier alpha value is -3.94.